The van der Waals surface area contributed by atoms with Gasteiger partial charge in [0, 0.05) is 12.2 Å². The highest BCUT2D eigenvalue weighted by Gasteiger charge is 2.19. The number of hydrogen-bond donors (Lipinski definition) is 2. The van der Waals surface area contributed by atoms with E-state index in [-0.39, 0.29) is 4.21 Å². The van der Waals surface area contributed by atoms with Crippen molar-refractivity contribution >= 4 is 44.3 Å². The lowest BCUT2D eigenvalue weighted by molar-refractivity contribution is 0.603. The van der Waals surface area contributed by atoms with E-state index in [1.54, 1.807) is 19.1 Å². The van der Waals surface area contributed by atoms with E-state index in [1.165, 1.54) is 5.56 Å². The van der Waals surface area contributed by atoms with E-state index >= 15 is 0 Å². The average Bonchev–Trinajstić information content (AvgIpc) is 2.79. The molecule has 7 heteroatoms. The van der Waals surface area contributed by atoms with Crippen LogP contribution in [0.15, 0.2) is 28.5 Å². The second-order valence-electron chi connectivity index (χ2n) is 5.03. The van der Waals surface area contributed by atoms with Crippen LogP contribution in [-0.4, -0.2) is 15.0 Å². The number of thiophene rings is 1. The molecule has 4 nitrogen and oxygen atoms in total. The second kappa shape index (κ2) is 5.51. The zero-order chi connectivity index (χ0) is 15.0. The molecule has 0 fully saturated rings. The number of sulfonamides is 1. The fourth-order valence-electron chi connectivity index (χ4n) is 2.29. The summed E-state index contributed by atoms with van der Waals surface area (Å²) in [5.74, 6) is 0. The molecule has 0 aliphatic carbocycles. The summed E-state index contributed by atoms with van der Waals surface area (Å²) in [7, 11) is -3.59. The molecule has 0 amide bonds. The summed E-state index contributed by atoms with van der Waals surface area (Å²) >= 11 is 7.02. The van der Waals surface area contributed by atoms with Gasteiger partial charge in [0.2, 0.25) is 0 Å². The number of rotatable bonds is 3. The number of benzene rings is 1. The first-order valence-electron chi connectivity index (χ1n) is 6.61. The lowest BCUT2D eigenvalue weighted by Gasteiger charge is -2.19. The Kier molecular flexibility index (Phi) is 3.86. The van der Waals surface area contributed by atoms with Crippen molar-refractivity contribution in [2.24, 2.45) is 0 Å². The Labute approximate surface area is 133 Å². The van der Waals surface area contributed by atoms with Crippen molar-refractivity contribution in [2.45, 2.75) is 24.0 Å². The molecule has 1 aliphatic rings. The molecule has 0 saturated heterocycles. The van der Waals surface area contributed by atoms with E-state index in [9.17, 15) is 8.42 Å². The van der Waals surface area contributed by atoms with Crippen molar-refractivity contribution in [1.82, 2.24) is 0 Å². The Morgan fingerprint density at radius 3 is 2.86 bits per heavy atom. The summed E-state index contributed by atoms with van der Waals surface area (Å²) in [6, 6.07) is 7.19. The number of hydrogen-bond acceptors (Lipinski definition) is 4. The number of nitrogens with one attached hydrogen (secondary N) is 2. The molecule has 112 valence electrons. The third-order valence-corrected chi connectivity index (χ3v) is 6.81. The molecule has 1 aromatic carbocycles. The van der Waals surface area contributed by atoms with Gasteiger partial charge in [0.25, 0.3) is 10.0 Å². The highest BCUT2D eigenvalue weighted by molar-refractivity contribution is 7.94. The van der Waals surface area contributed by atoms with Gasteiger partial charge in [0.15, 0.2) is 0 Å². The van der Waals surface area contributed by atoms with Crippen LogP contribution in [-0.2, 0) is 16.4 Å². The van der Waals surface area contributed by atoms with E-state index in [1.807, 2.05) is 12.1 Å². The molecular formula is C14H15ClN2O2S2. The molecule has 0 radical (unpaired) electrons. The minimum Gasteiger partial charge on any atom is -0.385 e. The molecular weight excluding hydrogens is 328 g/mol. The average molecular weight is 343 g/mol. The van der Waals surface area contributed by atoms with Gasteiger partial charge in [0.05, 0.1) is 10.0 Å². The minimum absolute atomic E-state index is 0.232. The van der Waals surface area contributed by atoms with E-state index < -0.39 is 10.0 Å². The van der Waals surface area contributed by atoms with Gasteiger partial charge in [-0.25, -0.2) is 8.42 Å². The van der Waals surface area contributed by atoms with Crippen molar-refractivity contribution < 1.29 is 8.42 Å². The van der Waals surface area contributed by atoms with E-state index in [2.05, 4.69) is 10.0 Å². The van der Waals surface area contributed by atoms with Gasteiger partial charge < -0.3 is 5.32 Å². The second-order valence-corrected chi connectivity index (χ2v) is 8.59. The molecule has 1 aromatic heterocycles. The molecule has 0 spiro atoms. The van der Waals surface area contributed by atoms with Gasteiger partial charge in [-0.1, -0.05) is 17.7 Å². The summed E-state index contributed by atoms with van der Waals surface area (Å²) in [5, 5.41) is 3.29. The lowest BCUT2D eigenvalue weighted by atomic mass is 10.0. The molecule has 0 unspecified atom stereocenters. The fourth-order valence-corrected chi connectivity index (χ4v) is 5.05. The Balaban J connectivity index is 1.88. The van der Waals surface area contributed by atoms with Crippen LogP contribution < -0.4 is 10.0 Å². The van der Waals surface area contributed by atoms with Crippen molar-refractivity contribution in [2.75, 3.05) is 16.6 Å². The maximum Gasteiger partial charge on any atom is 0.271 e. The molecule has 0 saturated carbocycles. The predicted molar refractivity (Wildman–Crippen MR) is 88.1 cm³/mol. The smallest absolute Gasteiger partial charge is 0.271 e. The molecule has 2 aromatic rings. The quantitative estimate of drug-likeness (QED) is 0.890. The van der Waals surface area contributed by atoms with Crippen LogP contribution in [0.1, 0.15) is 17.5 Å². The highest BCUT2D eigenvalue weighted by Crippen LogP contribution is 2.32. The molecule has 0 bridgehead atoms. The third-order valence-electron chi connectivity index (χ3n) is 3.40. The summed E-state index contributed by atoms with van der Waals surface area (Å²) in [6.45, 7) is 2.71. The molecule has 2 N–H and O–H groups in total. The summed E-state index contributed by atoms with van der Waals surface area (Å²) in [6.07, 6.45) is 2.13. The van der Waals surface area contributed by atoms with Gasteiger partial charge in [-0.05, 0) is 49.1 Å². The Hall–Kier alpha value is -1.24. The predicted octanol–water partition coefficient (Wildman–Crippen LogP) is 3.87. The standard InChI is InChI=1S/C14H15ClN2O2S2/c1-9-7-13(20-14(9)15)21(18,19)17-11-5-4-10-3-2-6-16-12(10)8-11/h4-5,7-8,16-17H,2-3,6H2,1H3. The van der Waals surface area contributed by atoms with E-state index in [4.69, 9.17) is 11.6 Å². The van der Waals surface area contributed by atoms with Crippen LogP contribution in [0, 0.1) is 6.92 Å². The van der Waals surface area contributed by atoms with Crippen LogP contribution in [0.4, 0.5) is 11.4 Å². The van der Waals surface area contributed by atoms with Crippen LogP contribution >= 0.6 is 22.9 Å². The maximum absolute atomic E-state index is 12.4. The first-order valence-corrected chi connectivity index (χ1v) is 9.29. The summed E-state index contributed by atoms with van der Waals surface area (Å²) in [4.78, 5) is 0. The Morgan fingerprint density at radius 2 is 2.14 bits per heavy atom. The van der Waals surface area contributed by atoms with Crippen LogP contribution in [0.3, 0.4) is 0 Å². The van der Waals surface area contributed by atoms with Crippen molar-refractivity contribution in [3.8, 4) is 0 Å². The van der Waals surface area contributed by atoms with Crippen LogP contribution in [0.25, 0.3) is 0 Å². The van der Waals surface area contributed by atoms with E-state index in [0.29, 0.717) is 10.0 Å². The Bertz CT molecular complexity index is 765. The zero-order valence-corrected chi connectivity index (χ0v) is 13.8. The van der Waals surface area contributed by atoms with Crippen molar-refractivity contribution in [3.63, 3.8) is 0 Å². The van der Waals surface area contributed by atoms with Gasteiger partial charge in [-0.2, -0.15) is 0 Å². The fraction of sp³-hybridized carbons (Fsp3) is 0.286. The zero-order valence-electron chi connectivity index (χ0n) is 11.4. The molecule has 3 rings (SSSR count). The van der Waals surface area contributed by atoms with Crippen molar-refractivity contribution in [3.05, 3.63) is 39.7 Å². The summed E-state index contributed by atoms with van der Waals surface area (Å²) < 4.78 is 28.1. The van der Waals surface area contributed by atoms with Gasteiger partial charge in [-0.15, -0.1) is 11.3 Å². The third kappa shape index (κ3) is 3.02. The number of aryl methyl sites for hydroxylation is 2. The Morgan fingerprint density at radius 1 is 1.33 bits per heavy atom. The van der Waals surface area contributed by atoms with E-state index in [0.717, 1.165) is 42.0 Å². The number of anilines is 2. The minimum atomic E-state index is -3.59. The largest absolute Gasteiger partial charge is 0.385 e. The van der Waals surface area contributed by atoms with Crippen LogP contribution in [0.2, 0.25) is 4.34 Å². The SMILES string of the molecule is Cc1cc(S(=O)(=O)Nc2ccc3c(c2)NCCC3)sc1Cl. The van der Waals surface area contributed by atoms with Crippen LogP contribution in [0.5, 0.6) is 0 Å². The topological polar surface area (TPSA) is 58.2 Å². The monoisotopic (exact) mass is 342 g/mol. The number of halogens is 1. The molecule has 0 atom stereocenters. The van der Waals surface area contributed by atoms with Crippen molar-refractivity contribution in [1.29, 1.82) is 0 Å². The molecule has 2 heterocycles. The highest BCUT2D eigenvalue weighted by atomic mass is 35.5. The first-order chi connectivity index (χ1) is 9.95. The van der Waals surface area contributed by atoms with Gasteiger partial charge >= 0.3 is 0 Å². The first kappa shape index (κ1) is 14.7. The van der Waals surface area contributed by atoms with Gasteiger partial charge in [0.1, 0.15) is 4.21 Å². The maximum atomic E-state index is 12.4. The molecule has 21 heavy (non-hydrogen) atoms. The molecule has 1 aliphatic heterocycles. The number of fused-ring (bicyclic) bond motifs is 1. The normalized spacial score (nSPS) is 14.4. The van der Waals surface area contributed by atoms with Gasteiger partial charge in [-0.3, -0.25) is 4.72 Å². The summed E-state index contributed by atoms with van der Waals surface area (Å²) in [5.41, 5.74) is 3.56. The lowest BCUT2D eigenvalue weighted by Crippen LogP contribution is -2.14.